The van der Waals surface area contributed by atoms with E-state index in [-0.39, 0.29) is 23.4 Å². The van der Waals surface area contributed by atoms with Crippen LogP contribution in [0, 0.1) is 19.8 Å². The standard InChI is InChI=1S/C16H18N4O3/c1-10-4-3-5-17-13(10)6-18-15(21)12-7-20(8-12)16(22)14-9-23-11(2)19-14/h3-5,9,12H,6-8H2,1-2H3,(H,18,21). The molecule has 7 nitrogen and oxygen atoms in total. The van der Waals surface area contributed by atoms with Crippen molar-refractivity contribution in [3.63, 3.8) is 0 Å². The summed E-state index contributed by atoms with van der Waals surface area (Å²) in [4.78, 5) is 34.0. The highest BCUT2D eigenvalue weighted by atomic mass is 16.3. The maximum absolute atomic E-state index is 12.1. The minimum Gasteiger partial charge on any atom is -0.448 e. The molecule has 120 valence electrons. The number of carbonyl (C=O) groups excluding carboxylic acids is 2. The van der Waals surface area contributed by atoms with Gasteiger partial charge in [-0.1, -0.05) is 6.07 Å². The normalized spacial score (nSPS) is 14.4. The van der Waals surface area contributed by atoms with Gasteiger partial charge in [0.2, 0.25) is 5.91 Å². The van der Waals surface area contributed by atoms with Crippen LogP contribution < -0.4 is 5.32 Å². The van der Waals surface area contributed by atoms with Crippen LogP contribution in [0.3, 0.4) is 0 Å². The molecule has 0 radical (unpaired) electrons. The van der Waals surface area contributed by atoms with Crippen LogP contribution in [-0.4, -0.2) is 39.8 Å². The molecule has 0 unspecified atom stereocenters. The molecule has 1 saturated heterocycles. The molecule has 1 fully saturated rings. The van der Waals surface area contributed by atoms with Crippen LogP contribution in [0.15, 0.2) is 29.0 Å². The fraction of sp³-hybridized carbons (Fsp3) is 0.375. The van der Waals surface area contributed by atoms with E-state index < -0.39 is 0 Å². The predicted octanol–water partition coefficient (Wildman–Crippen LogP) is 1.07. The highest BCUT2D eigenvalue weighted by Crippen LogP contribution is 2.19. The molecule has 3 rings (SSSR count). The minimum atomic E-state index is -0.202. The third-order valence-electron chi connectivity index (χ3n) is 3.93. The van der Waals surface area contributed by atoms with Crippen LogP contribution >= 0.6 is 0 Å². The number of aromatic nitrogens is 2. The molecule has 0 aliphatic carbocycles. The number of pyridine rings is 1. The number of oxazole rings is 1. The molecule has 0 aromatic carbocycles. The first-order valence-corrected chi connectivity index (χ1v) is 7.44. The van der Waals surface area contributed by atoms with Crippen LogP contribution in [0.1, 0.15) is 27.6 Å². The maximum Gasteiger partial charge on any atom is 0.275 e. The lowest BCUT2D eigenvalue weighted by atomic mass is 9.98. The number of nitrogens with zero attached hydrogens (tertiary/aromatic N) is 3. The predicted molar refractivity (Wildman–Crippen MR) is 81.5 cm³/mol. The van der Waals surface area contributed by atoms with Gasteiger partial charge in [0.15, 0.2) is 11.6 Å². The average molecular weight is 314 g/mol. The fourth-order valence-corrected chi connectivity index (χ4v) is 2.45. The Morgan fingerprint density at radius 3 is 2.83 bits per heavy atom. The Bertz CT molecular complexity index is 734. The zero-order valence-corrected chi connectivity index (χ0v) is 13.1. The molecule has 7 heteroatoms. The number of hydrogen-bond donors (Lipinski definition) is 1. The summed E-state index contributed by atoms with van der Waals surface area (Å²) in [5.41, 5.74) is 2.18. The van der Waals surface area contributed by atoms with Crippen LogP contribution in [0.4, 0.5) is 0 Å². The monoisotopic (exact) mass is 314 g/mol. The lowest BCUT2D eigenvalue weighted by molar-refractivity contribution is -0.129. The molecule has 2 aromatic heterocycles. The first kappa shape index (κ1) is 15.2. The van der Waals surface area contributed by atoms with Crippen LogP contribution in [0.25, 0.3) is 0 Å². The maximum atomic E-state index is 12.1. The number of aryl methyl sites for hydroxylation is 2. The lowest BCUT2D eigenvalue weighted by Crippen LogP contribution is -2.55. The van der Waals surface area contributed by atoms with E-state index >= 15 is 0 Å². The zero-order valence-electron chi connectivity index (χ0n) is 13.1. The van der Waals surface area contributed by atoms with E-state index in [2.05, 4.69) is 15.3 Å². The molecule has 1 N–H and O–H groups in total. The van der Waals surface area contributed by atoms with Crippen molar-refractivity contribution in [2.24, 2.45) is 5.92 Å². The van der Waals surface area contributed by atoms with Crippen molar-refractivity contribution in [1.82, 2.24) is 20.2 Å². The second-order valence-corrected chi connectivity index (χ2v) is 5.64. The second-order valence-electron chi connectivity index (χ2n) is 5.64. The van der Waals surface area contributed by atoms with Crippen molar-refractivity contribution in [2.75, 3.05) is 13.1 Å². The van der Waals surface area contributed by atoms with Gasteiger partial charge >= 0.3 is 0 Å². The number of nitrogens with one attached hydrogen (secondary N) is 1. The molecule has 0 bridgehead atoms. The van der Waals surface area contributed by atoms with Gasteiger partial charge < -0.3 is 14.6 Å². The number of amides is 2. The van der Waals surface area contributed by atoms with Gasteiger partial charge in [0, 0.05) is 26.2 Å². The Morgan fingerprint density at radius 2 is 2.17 bits per heavy atom. The minimum absolute atomic E-state index is 0.0598. The summed E-state index contributed by atoms with van der Waals surface area (Å²) in [6.45, 7) is 4.84. The van der Waals surface area contributed by atoms with Gasteiger partial charge in [-0.25, -0.2) is 4.98 Å². The zero-order chi connectivity index (χ0) is 16.4. The number of rotatable bonds is 4. The van der Waals surface area contributed by atoms with Crippen LogP contribution in [-0.2, 0) is 11.3 Å². The topological polar surface area (TPSA) is 88.3 Å². The van der Waals surface area contributed by atoms with E-state index in [4.69, 9.17) is 4.42 Å². The molecule has 3 heterocycles. The van der Waals surface area contributed by atoms with E-state index in [9.17, 15) is 9.59 Å². The van der Waals surface area contributed by atoms with Gasteiger partial charge in [0.1, 0.15) is 6.26 Å². The molecule has 0 spiro atoms. The molecular formula is C16H18N4O3. The lowest BCUT2D eigenvalue weighted by Gasteiger charge is -2.37. The first-order chi connectivity index (χ1) is 11.0. The van der Waals surface area contributed by atoms with Crippen molar-refractivity contribution < 1.29 is 14.0 Å². The summed E-state index contributed by atoms with van der Waals surface area (Å²) in [5, 5.41) is 2.87. The molecule has 0 saturated carbocycles. The van der Waals surface area contributed by atoms with E-state index in [1.807, 2.05) is 19.1 Å². The molecule has 1 aliphatic rings. The van der Waals surface area contributed by atoms with Crippen molar-refractivity contribution in [3.8, 4) is 0 Å². The Labute approximate surface area is 133 Å². The largest absolute Gasteiger partial charge is 0.448 e. The summed E-state index contributed by atoms with van der Waals surface area (Å²) in [5.74, 6) is 0.00627. The molecule has 23 heavy (non-hydrogen) atoms. The number of carbonyl (C=O) groups is 2. The van der Waals surface area contributed by atoms with E-state index in [0.717, 1.165) is 11.3 Å². The van der Waals surface area contributed by atoms with Crippen molar-refractivity contribution >= 4 is 11.8 Å². The van der Waals surface area contributed by atoms with Gasteiger partial charge in [0.05, 0.1) is 18.2 Å². The smallest absolute Gasteiger partial charge is 0.275 e. The number of likely N-dealkylation sites (tertiary alicyclic amines) is 1. The molecule has 0 atom stereocenters. The van der Waals surface area contributed by atoms with E-state index in [1.54, 1.807) is 18.0 Å². The molecule has 2 aromatic rings. The third kappa shape index (κ3) is 3.23. The van der Waals surface area contributed by atoms with Gasteiger partial charge in [-0.15, -0.1) is 0 Å². The van der Waals surface area contributed by atoms with Crippen molar-refractivity contribution in [2.45, 2.75) is 20.4 Å². The first-order valence-electron chi connectivity index (χ1n) is 7.44. The molecular weight excluding hydrogens is 296 g/mol. The van der Waals surface area contributed by atoms with Gasteiger partial charge in [0.25, 0.3) is 5.91 Å². The Balaban J connectivity index is 1.48. The fourth-order valence-electron chi connectivity index (χ4n) is 2.45. The number of hydrogen-bond acceptors (Lipinski definition) is 5. The van der Waals surface area contributed by atoms with Crippen molar-refractivity contribution in [3.05, 3.63) is 47.4 Å². The average Bonchev–Trinajstić information content (AvgIpc) is 2.91. The molecule has 1 aliphatic heterocycles. The highest BCUT2D eigenvalue weighted by Gasteiger charge is 2.36. The van der Waals surface area contributed by atoms with Crippen LogP contribution in [0.2, 0.25) is 0 Å². The quantitative estimate of drug-likeness (QED) is 0.912. The Morgan fingerprint density at radius 1 is 1.39 bits per heavy atom. The van der Waals surface area contributed by atoms with Crippen molar-refractivity contribution in [1.29, 1.82) is 0 Å². The summed E-state index contributed by atoms with van der Waals surface area (Å²) in [6, 6.07) is 3.82. The SMILES string of the molecule is Cc1nc(C(=O)N2CC(C(=O)NCc3ncccc3C)C2)co1. The summed E-state index contributed by atoms with van der Waals surface area (Å²) in [6.07, 6.45) is 3.05. The van der Waals surface area contributed by atoms with Gasteiger partial charge in [-0.3, -0.25) is 14.6 Å². The Kier molecular flexibility index (Phi) is 4.10. The molecule has 2 amide bonds. The van der Waals surface area contributed by atoms with E-state index in [0.29, 0.717) is 25.5 Å². The van der Waals surface area contributed by atoms with Gasteiger partial charge in [-0.05, 0) is 18.6 Å². The summed E-state index contributed by atoms with van der Waals surface area (Å²) < 4.78 is 5.03. The third-order valence-corrected chi connectivity index (χ3v) is 3.93. The Hall–Kier alpha value is -2.70. The second kappa shape index (κ2) is 6.20. The van der Waals surface area contributed by atoms with E-state index in [1.165, 1.54) is 6.26 Å². The summed E-state index contributed by atoms with van der Waals surface area (Å²) in [7, 11) is 0. The highest BCUT2D eigenvalue weighted by molar-refractivity contribution is 5.94. The summed E-state index contributed by atoms with van der Waals surface area (Å²) >= 11 is 0. The van der Waals surface area contributed by atoms with Crippen LogP contribution in [0.5, 0.6) is 0 Å². The van der Waals surface area contributed by atoms with Gasteiger partial charge in [-0.2, -0.15) is 0 Å².